The number of ether oxygens (including phenoxy) is 1. The number of rotatable bonds is 3. The highest BCUT2D eigenvalue weighted by molar-refractivity contribution is 5.86. The predicted molar refractivity (Wildman–Crippen MR) is 76.1 cm³/mol. The molecule has 0 aliphatic carbocycles. The van der Waals surface area contributed by atoms with Gasteiger partial charge < -0.3 is 15.0 Å². The minimum absolute atomic E-state index is 0.363. The van der Waals surface area contributed by atoms with Crippen LogP contribution in [0.15, 0.2) is 53.3 Å². The summed E-state index contributed by atoms with van der Waals surface area (Å²) in [7, 11) is 1.63. The Bertz CT molecular complexity index is 706. The summed E-state index contributed by atoms with van der Waals surface area (Å²) in [6.45, 7) is 0. The van der Waals surface area contributed by atoms with Crippen LogP contribution in [0.4, 0.5) is 5.82 Å². The zero-order chi connectivity index (χ0) is 13.9. The maximum absolute atomic E-state index is 5.93. The Morgan fingerprint density at radius 3 is 2.35 bits per heavy atom. The molecule has 0 atom stereocenters. The topological polar surface area (TPSA) is 74.2 Å². The summed E-state index contributed by atoms with van der Waals surface area (Å²) >= 11 is 0. The van der Waals surface area contributed by atoms with Crippen molar-refractivity contribution >= 4 is 5.82 Å². The summed E-state index contributed by atoms with van der Waals surface area (Å²) in [5, 5.41) is 3.86. The molecule has 2 N–H and O–H groups in total. The number of hydrogen-bond acceptors (Lipinski definition) is 5. The molecule has 5 nitrogen and oxygen atoms in total. The summed E-state index contributed by atoms with van der Waals surface area (Å²) in [6, 6.07) is 11.3. The Labute approximate surface area is 116 Å². The molecule has 2 heterocycles. The van der Waals surface area contributed by atoms with Gasteiger partial charge in [-0.05, 0) is 29.8 Å². The molecule has 0 amide bonds. The van der Waals surface area contributed by atoms with Crippen LogP contribution in [0.1, 0.15) is 0 Å². The number of benzene rings is 1. The van der Waals surface area contributed by atoms with E-state index in [4.69, 9.17) is 15.0 Å². The maximum atomic E-state index is 5.93. The molecule has 0 spiro atoms. The van der Waals surface area contributed by atoms with E-state index in [1.165, 1.54) is 0 Å². The number of anilines is 1. The van der Waals surface area contributed by atoms with Crippen molar-refractivity contribution in [2.75, 3.05) is 12.8 Å². The van der Waals surface area contributed by atoms with Crippen molar-refractivity contribution < 1.29 is 9.26 Å². The van der Waals surface area contributed by atoms with Crippen LogP contribution in [-0.2, 0) is 0 Å². The molecule has 0 unspecified atom stereocenters. The van der Waals surface area contributed by atoms with E-state index in [0.29, 0.717) is 11.6 Å². The molecule has 3 rings (SSSR count). The highest BCUT2D eigenvalue weighted by Crippen LogP contribution is 2.36. The van der Waals surface area contributed by atoms with Crippen molar-refractivity contribution in [3.05, 3.63) is 48.8 Å². The first-order valence-corrected chi connectivity index (χ1v) is 6.09. The monoisotopic (exact) mass is 267 g/mol. The molecule has 20 heavy (non-hydrogen) atoms. The Morgan fingerprint density at radius 2 is 1.70 bits per heavy atom. The van der Waals surface area contributed by atoms with E-state index in [9.17, 15) is 0 Å². The lowest BCUT2D eigenvalue weighted by Gasteiger charge is -2.04. The lowest BCUT2D eigenvalue weighted by atomic mass is 10.0. The number of nitrogen functional groups attached to an aromatic ring is 1. The maximum Gasteiger partial charge on any atom is 0.177 e. The van der Waals surface area contributed by atoms with E-state index in [1.54, 1.807) is 19.5 Å². The molecule has 2 aromatic heterocycles. The van der Waals surface area contributed by atoms with Gasteiger partial charge >= 0.3 is 0 Å². The molecule has 5 heteroatoms. The van der Waals surface area contributed by atoms with Crippen molar-refractivity contribution in [2.45, 2.75) is 0 Å². The van der Waals surface area contributed by atoms with Gasteiger partial charge in [0.1, 0.15) is 5.75 Å². The van der Waals surface area contributed by atoms with E-state index >= 15 is 0 Å². The molecular formula is C15H13N3O2. The van der Waals surface area contributed by atoms with E-state index in [0.717, 1.165) is 22.4 Å². The number of nitrogens with zero attached hydrogens (tertiary/aromatic N) is 2. The van der Waals surface area contributed by atoms with E-state index in [1.807, 2.05) is 36.4 Å². The van der Waals surface area contributed by atoms with Crippen molar-refractivity contribution in [3.63, 3.8) is 0 Å². The first-order chi connectivity index (χ1) is 9.79. The summed E-state index contributed by atoms with van der Waals surface area (Å²) in [6.07, 6.45) is 3.40. The van der Waals surface area contributed by atoms with Crippen LogP contribution in [0.2, 0.25) is 0 Å². The third kappa shape index (κ3) is 2.09. The van der Waals surface area contributed by atoms with Gasteiger partial charge in [-0.25, -0.2) is 0 Å². The molecule has 0 aliphatic rings. The predicted octanol–water partition coefficient (Wildman–Crippen LogP) is 2.99. The van der Waals surface area contributed by atoms with Crippen molar-refractivity contribution in [1.29, 1.82) is 0 Å². The molecule has 0 saturated carbocycles. The molecule has 1 aromatic carbocycles. The minimum atomic E-state index is 0.363. The molecule has 0 fully saturated rings. The Morgan fingerprint density at radius 1 is 1.00 bits per heavy atom. The molecule has 0 radical (unpaired) electrons. The SMILES string of the molecule is COc1ccc(-c2c(N)noc2-c2ccncc2)cc1. The van der Waals surface area contributed by atoms with Crippen molar-refractivity contribution in [3.8, 4) is 28.2 Å². The third-order valence-electron chi connectivity index (χ3n) is 3.04. The van der Waals surface area contributed by atoms with Gasteiger partial charge in [-0.2, -0.15) is 0 Å². The van der Waals surface area contributed by atoms with Crippen LogP contribution in [-0.4, -0.2) is 17.3 Å². The highest BCUT2D eigenvalue weighted by atomic mass is 16.5. The van der Waals surface area contributed by atoms with Gasteiger partial charge in [0.15, 0.2) is 11.6 Å². The standard InChI is InChI=1S/C15H13N3O2/c1-19-12-4-2-10(3-5-12)13-14(20-18-15(13)16)11-6-8-17-9-7-11/h2-9H,1H3,(H2,16,18). The number of hydrogen-bond donors (Lipinski definition) is 1. The van der Waals surface area contributed by atoms with Crippen LogP contribution in [0.25, 0.3) is 22.5 Å². The van der Waals surface area contributed by atoms with Gasteiger partial charge in [-0.15, -0.1) is 0 Å². The summed E-state index contributed by atoms with van der Waals surface area (Å²) in [4.78, 5) is 3.99. The van der Waals surface area contributed by atoms with Crippen LogP contribution in [0.3, 0.4) is 0 Å². The fraction of sp³-hybridized carbons (Fsp3) is 0.0667. The highest BCUT2D eigenvalue weighted by Gasteiger charge is 2.17. The lowest BCUT2D eigenvalue weighted by molar-refractivity contribution is 0.415. The molecular weight excluding hydrogens is 254 g/mol. The second kappa shape index (κ2) is 5.05. The lowest BCUT2D eigenvalue weighted by Crippen LogP contribution is -1.89. The zero-order valence-corrected chi connectivity index (χ0v) is 10.9. The minimum Gasteiger partial charge on any atom is -0.497 e. The number of pyridine rings is 1. The van der Waals surface area contributed by atoms with Crippen LogP contribution in [0.5, 0.6) is 5.75 Å². The summed E-state index contributed by atoms with van der Waals surface area (Å²) in [5.74, 6) is 1.78. The fourth-order valence-electron chi connectivity index (χ4n) is 2.04. The smallest absolute Gasteiger partial charge is 0.177 e. The average molecular weight is 267 g/mol. The molecule has 0 bridgehead atoms. The average Bonchev–Trinajstić information content (AvgIpc) is 2.90. The quantitative estimate of drug-likeness (QED) is 0.789. The van der Waals surface area contributed by atoms with E-state index in [-0.39, 0.29) is 0 Å². The summed E-state index contributed by atoms with van der Waals surface area (Å²) in [5.41, 5.74) is 8.52. The van der Waals surface area contributed by atoms with Crippen molar-refractivity contribution in [2.24, 2.45) is 0 Å². The molecule has 0 aliphatic heterocycles. The normalized spacial score (nSPS) is 10.4. The Balaban J connectivity index is 2.11. The largest absolute Gasteiger partial charge is 0.497 e. The van der Waals surface area contributed by atoms with Gasteiger partial charge in [0.05, 0.1) is 12.7 Å². The first-order valence-electron chi connectivity index (χ1n) is 6.09. The Hall–Kier alpha value is -2.82. The fourth-order valence-corrected chi connectivity index (χ4v) is 2.04. The van der Waals surface area contributed by atoms with Crippen LogP contribution >= 0.6 is 0 Å². The zero-order valence-electron chi connectivity index (χ0n) is 10.9. The van der Waals surface area contributed by atoms with Gasteiger partial charge in [0, 0.05) is 18.0 Å². The second-order valence-electron chi connectivity index (χ2n) is 4.24. The second-order valence-corrected chi connectivity index (χ2v) is 4.24. The third-order valence-corrected chi connectivity index (χ3v) is 3.04. The van der Waals surface area contributed by atoms with Gasteiger partial charge in [-0.1, -0.05) is 17.3 Å². The van der Waals surface area contributed by atoms with Gasteiger partial charge in [-0.3, -0.25) is 4.98 Å². The van der Waals surface area contributed by atoms with Crippen LogP contribution < -0.4 is 10.5 Å². The van der Waals surface area contributed by atoms with Gasteiger partial charge in [0.25, 0.3) is 0 Å². The van der Waals surface area contributed by atoms with Crippen molar-refractivity contribution in [1.82, 2.24) is 10.1 Å². The number of methoxy groups -OCH3 is 1. The molecule has 3 aromatic rings. The number of nitrogens with two attached hydrogens (primary N) is 1. The van der Waals surface area contributed by atoms with Gasteiger partial charge in [0.2, 0.25) is 0 Å². The molecule has 0 saturated heterocycles. The summed E-state index contributed by atoms with van der Waals surface area (Å²) < 4.78 is 10.5. The van der Waals surface area contributed by atoms with E-state index < -0.39 is 0 Å². The number of aromatic nitrogens is 2. The Kier molecular flexibility index (Phi) is 3.09. The van der Waals surface area contributed by atoms with E-state index in [2.05, 4.69) is 10.1 Å². The molecule has 100 valence electrons. The first kappa shape index (κ1) is 12.2. The van der Waals surface area contributed by atoms with Crippen LogP contribution in [0, 0.1) is 0 Å².